The number of methoxy groups -OCH3 is 1. The molecular weight excluding hydrogens is 492 g/mol. The molecule has 3 aromatic carbocycles. The van der Waals surface area contributed by atoms with Gasteiger partial charge in [-0.3, -0.25) is 19.0 Å². The average Bonchev–Trinajstić information content (AvgIpc) is 2.89. The Morgan fingerprint density at radius 2 is 1.84 bits per heavy atom. The maximum absolute atomic E-state index is 13.4. The fraction of sp³-hybridized carbons (Fsp3) is 0.148. The average molecular weight is 517 g/mol. The van der Waals surface area contributed by atoms with Gasteiger partial charge < -0.3 is 9.47 Å². The largest absolute Gasteiger partial charge is 0.493 e. The Balaban J connectivity index is 1.51. The molecule has 1 aromatic heterocycles. The third kappa shape index (κ3) is 6.04. The van der Waals surface area contributed by atoms with E-state index in [2.05, 4.69) is 15.5 Å². The first kappa shape index (κ1) is 25.6. The monoisotopic (exact) mass is 516 g/mol. The number of fused-ring (bicyclic) bond motifs is 1. The predicted molar refractivity (Wildman–Crippen MR) is 143 cm³/mol. The Hall–Kier alpha value is -4.44. The summed E-state index contributed by atoms with van der Waals surface area (Å²) in [6.07, 6.45) is 1.44. The molecular formula is C27H24N4O5S. The molecule has 0 fully saturated rings. The van der Waals surface area contributed by atoms with Crippen LogP contribution in [-0.4, -0.2) is 40.5 Å². The number of hydrogen-bond acceptors (Lipinski definition) is 8. The Morgan fingerprint density at radius 1 is 1.08 bits per heavy atom. The molecule has 0 bridgehead atoms. The summed E-state index contributed by atoms with van der Waals surface area (Å²) in [5.41, 5.74) is 5.08. The van der Waals surface area contributed by atoms with E-state index >= 15 is 0 Å². The summed E-state index contributed by atoms with van der Waals surface area (Å²) in [6.45, 7) is 3.22. The number of nitrogens with zero attached hydrogens (tertiary/aromatic N) is 3. The van der Waals surface area contributed by atoms with E-state index in [9.17, 15) is 14.4 Å². The number of rotatable bonds is 8. The molecule has 4 rings (SSSR count). The summed E-state index contributed by atoms with van der Waals surface area (Å²) < 4.78 is 11.9. The van der Waals surface area contributed by atoms with Gasteiger partial charge in [0.1, 0.15) is 0 Å². The Morgan fingerprint density at radius 3 is 2.59 bits per heavy atom. The van der Waals surface area contributed by atoms with Crippen LogP contribution < -0.4 is 20.5 Å². The fourth-order valence-electron chi connectivity index (χ4n) is 3.58. The lowest BCUT2D eigenvalue weighted by atomic mass is 10.2. The van der Waals surface area contributed by atoms with Gasteiger partial charge in [-0.2, -0.15) is 5.10 Å². The third-order valence-electron chi connectivity index (χ3n) is 5.28. The van der Waals surface area contributed by atoms with Gasteiger partial charge in [0.2, 0.25) is 0 Å². The van der Waals surface area contributed by atoms with E-state index in [4.69, 9.17) is 9.47 Å². The first-order valence-corrected chi connectivity index (χ1v) is 12.2. The lowest BCUT2D eigenvalue weighted by molar-refractivity contribution is -0.132. The second kappa shape index (κ2) is 11.5. The van der Waals surface area contributed by atoms with Crippen LogP contribution in [0.2, 0.25) is 0 Å². The SMILES string of the molecule is COc1cc(/C=N/NC(=O)CSc2nc3ccccc3c(=O)n2-c2ccccc2C)ccc1OC(C)=O. The number of nitrogens with one attached hydrogen (secondary N) is 1. The van der Waals surface area contributed by atoms with Crippen molar-refractivity contribution >= 4 is 40.8 Å². The number of carbonyl (C=O) groups is 2. The molecule has 0 aliphatic heterocycles. The van der Waals surface area contributed by atoms with Crippen molar-refractivity contribution in [2.24, 2.45) is 5.10 Å². The van der Waals surface area contributed by atoms with Crippen LogP contribution in [0.4, 0.5) is 0 Å². The molecule has 1 amide bonds. The van der Waals surface area contributed by atoms with Gasteiger partial charge in [-0.05, 0) is 54.4 Å². The van der Waals surface area contributed by atoms with Crippen LogP contribution in [0.25, 0.3) is 16.6 Å². The molecule has 0 aliphatic rings. The van der Waals surface area contributed by atoms with E-state index in [-0.39, 0.29) is 23.0 Å². The van der Waals surface area contributed by atoms with Crippen LogP contribution in [0, 0.1) is 6.92 Å². The molecule has 0 spiro atoms. The van der Waals surface area contributed by atoms with Crippen molar-refractivity contribution in [3.8, 4) is 17.2 Å². The maximum Gasteiger partial charge on any atom is 0.308 e. The quantitative estimate of drug-likeness (QED) is 0.0945. The van der Waals surface area contributed by atoms with E-state index in [1.54, 1.807) is 36.4 Å². The molecule has 0 radical (unpaired) electrons. The van der Waals surface area contributed by atoms with Crippen molar-refractivity contribution in [1.29, 1.82) is 0 Å². The van der Waals surface area contributed by atoms with Crippen LogP contribution in [0.1, 0.15) is 18.1 Å². The molecule has 188 valence electrons. The summed E-state index contributed by atoms with van der Waals surface area (Å²) in [7, 11) is 1.46. The zero-order valence-corrected chi connectivity index (χ0v) is 21.2. The van der Waals surface area contributed by atoms with Crippen molar-refractivity contribution in [2.45, 2.75) is 19.0 Å². The van der Waals surface area contributed by atoms with Crippen LogP contribution in [0.5, 0.6) is 11.5 Å². The summed E-state index contributed by atoms with van der Waals surface area (Å²) >= 11 is 1.15. The number of hydrogen-bond donors (Lipinski definition) is 1. The minimum Gasteiger partial charge on any atom is -0.493 e. The number of ether oxygens (including phenoxy) is 2. The van der Waals surface area contributed by atoms with Crippen molar-refractivity contribution in [3.63, 3.8) is 0 Å². The summed E-state index contributed by atoms with van der Waals surface area (Å²) in [5, 5.41) is 4.90. The number of benzene rings is 3. The first-order valence-electron chi connectivity index (χ1n) is 11.3. The molecule has 0 atom stereocenters. The van der Waals surface area contributed by atoms with Gasteiger partial charge in [0, 0.05) is 6.92 Å². The van der Waals surface area contributed by atoms with E-state index in [1.807, 2.05) is 37.3 Å². The molecule has 9 nitrogen and oxygen atoms in total. The van der Waals surface area contributed by atoms with Crippen LogP contribution in [0.3, 0.4) is 0 Å². The number of aromatic nitrogens is 2. The Bertz CT molecular complexity index is 1560. The Kier molecular flexibility index (Phi) is 7.99. The van der Waals surface area contributed by atoms with Crippen LogP contribution in [-0.2, 0) is 9.59 Å². The summed E-state index contributed by atoms with van der Waals surface area (Å²) in [5.74, 6) is -0.197. The minimum absolute atomic E-state index is 0.0112. The highest BCUT2D eigenvalue weighted by atomic mass is 32.2. The number of carbonyl (C=O) groups excluding carboxylic acids is 2. The van der Waals surface area contributed by atoms with Gasteiger partial charge in [-0.1, -0.05) is 42.1 Å². The molecule has 37 heavy (non-hydrogen) atoms. The minimum atomic E-state index is -0.460. The lowest BCUT2D eigenvalue weighted by Crippen LogP contribution is -2.24. The van der Waals surface area contributed by atoms with Crippen molar-refractivity contribution < 1.29 is 19.1 Å². The number of para-hydroxylation sites is 2. The standard InChI is InChI=1S/C27H24N4O5S/c1-17-8-4-7-11-22(17)31-26(34)20-9-5-6-10-21(20)29-27(31)37-16-25(33)30-28-15-19-12-13-23(36-18(2)32)24(14-19)35-3/h4-15H,16H2,1-3H3,(H,30,33)/b28-15+. The number of hydrazone groups is 1. The van der Waals surface area contributed by atoms with Gasteiger partial charge in [0.15, 0.2) is 16.7 Å². The second-order valence-corrected chi connectivity index (χ2v) is 8.87. The third-order valence-corrected chi connectivity index (χ3v) is 6.22. The number of amides is 1. The van der Waals surface area contributed by atoms with Gasteiger partial charge >= 0.3 is 5.97 Å². The highest BCUT2D eigenvalue weighted by Crippen LogP contribution is 2.27. The zero-order chi connectivity index (χ0) is 26.4. The van der Waals surface area contributed by atoms with Gasteiger partial charge in [-0.15, -0.1) is 0 Å². The topological polar surface area (TPSA) is 112 Å². The van der Waals surface area contributed by atoms with Crippen molar-refractivity contribution in [3.05, 3.63) is 88.2 Å². The van der Waals surface area contributed by atoms with Crippen molar-refractivity contribution in [1.82, 2.24) is 15.0 Å². The molecule has 1 heterocycles. The Labute approximate surface area is 217 Å². The number of thioether (sulfide) groups is 1. The van der Waals surface area contributed by atoms with Crippen LogP contribution >= 0.6 is 11.8 Å². The lowest BCUT2D eigenvalue weighted by Gasteiger charge is -2.14. The molecule has 0 saturated heterocycles. The molecule has 0 saturated carbocycles. The van der Waals surface area contributed by atoms with E-state index in [0.29, 0.717) is 33.1 Å². The normalized spacial score (nSPS) is 11.0. The van der Waals surface area contributed by atoms with Crippen LogP contribution in [0.15, 0.2) is 81.8 Å². The van der Waals surface area contributed by atoms with E-state index < -0.39 is 5.97 Å². The fourth-order valence-corrected chi connectivity index (χ4v) is 4.38. The maximum atomic E-state index is 13.4. The highest BCUT2D eigenvalue weighted by Gasteiger charge is 2.16. The zero-order valence-electron chi connectivity index (χ0n) is 20.4. The smallest absolute Gasteiger partial charge is 0.308 e. The summed E-state index contributed by atoms with van der Waals surface area (Å²) in [6, 6.07) is 19.5. The van der Waals surface area contributed by atoms with Gasteiger partial charge in [0.25, 0.3) is 11.5 Å². The van der Waals surface area contributed by atoms with E-state index in [1.165, 1.54) is 24.8 Å². The molecule has 4 aromatic rings. The first-order chi connectivity index (χ1) is 17.9. The predicted octanol–water partition coefficient (Wildman–Crippen LogP) is 3.87. The van der Waals surface area contributed by atoms with Gasteiger partial charge in [-0.25, -0.2) is 10.4 Å². The van der Waals surface area contributed by atoms with Crippen molar-refractivity contribution in [2.75, 3.05) is 12.9 Å². The highest BCUT2D eigenvalue weighted by molar-refractivity contribution is 7.99. The van der Waals surface area contributed by atoms with Gasteiger partial charge in [0.05, 0.1) is 35.7 Å². The number of esters is 1. The molecule has 10 heteroatoms. The molecule has 0 aliphatic carbocycles. The number of aryl methyl sites for hydroxylation is 1. The second-order valence-electron chi connectivity index (χ2n) is 7.92. The summed E-state index contributed by atoms with van der Waals surface area (Å²) in [4.78, 5) is 41.7. The van der Waals surface area contributed by atoms with E-state index in [0.717, 1.165) is 17.3 Å². The molecule has 1 N–H and O–H groups in total. The molecule has 0 unspecified atom stereocenters.